The highest BCUT2D eigenvalue weighted by Gasteiger charge is 2.60. The lowest BCUT2D eigenvalue weighted by Crippen LogP contribution is -2.62. The minimum atomic E-state index is -4.60. The van der Waals surface area contributed by atoms with E-state index in [0.717, 1.165) is 75.0 Å². The van der Waals surface area contributed by atoms with Crippen LogP contribution in [-0.4, -0.2) is 92.0 Å². The number of rotatable bonds is 9. The van der Waals surface area contributed by atoms with Gasteiger partial charge in [-0.05, 0) is 161 Å². The average Bonchev–Trinajstić information content (AvgIpc) is 4.12. The fourth-order valence-electron chi connectivity index (χ4n) is 15.5. The largest absolute Gasteiger partial charge is 0.490 e. The Morgan fingerprint density at radius 2 is 0.639 bits per heavy atom. The van der Waals surface area contributed by atoms with Crippen LogP contribution in [0.5, 0.6) is 23.0 Å². The van der Waals surface area contributed by atoms with Crippen LogP contribution in [0.15, 0.2) is 121 Å². The Morgan fingerprint density at radius 1 is 0.347 bits per heavy atom. The number of fused-ring (bicyclic) bond motifs is 20. The minimum Gasteiger partial charge on any atom is -0.490 e. The topological polar surface area (TPSA) is 188 Å². The van der Waals surface area contributed by atoms with Gasteiger partial charge in [-0.3, -0.25) is 47.1 Å². The molecule has 4 saturated carbocycles. The number of nitrogens with one attached hydrogen (secondary N) is 8. The summed E-state index contributed by atoms with van der Waals surface area (Å²) in [5.74, 6) is 4.33. The van der Waals surface area contributed by atoms with Crippen LogP contribution in [0.1, 0.15) is 70.6 Å². The monoisotopic (exact) mass is 1000 g/mol. The second kappa shape index (κ2) is 20.1. The van der Waals surface area contributed by atoms with Crippen LogP contribution in [0.4, 0.5) is 0 Å². The van der Waals surface area contributed by atoms with E-state index in [9.17, 15) is 13.0 Å². The summed E-state index contributed by atoms with van der Waals surface area (Å²) in [6, 6.07) is 40.0. The van der Waals surface area contributed by atoms with Gasteiger partial charge in [-0.2, -0.15) is 8.42 Å². The normalized spacial score (nSPS) is 42.3. The van der Waals surface area contributed by atoms with Gasteiger partial charge in [0.05, 0.1) is 67.6 Å². The summed E-state index contributed by atoms with van der Waals surface area (Å²) in [4.78, 5) is 0. The molecular formula is C56H72N8O7S. The van der Waals surface area contributed by atoms with Gasteiger partial charge in [-0.1, -0.05) is 72.8 Å². The summed E-state index contributed by atoms with van der Waals surface area (Å²) in [5, 5.41) is 31.9. The molecule has 15 nitrogen and oxygen atoms in total. The summed E-state index contributed by atoms with van der Waals surface area (Å²) in [6.45, 7) is 0. The van der Waals surface area contributed by atoms with E-state index in [1.54, 1.807) is 0 Å². The first-order chi connectivity index (χ1) is 35.2. The van der Waals surface area contributed by atoms with Gasteiger partial charge in [0.2, 0.25) is 0 Å². The lowest BCUT2D eigenvalue weighted by Gasteiger charge is -2.42. The van der Waals surface area contributed by atoms with Crippen molar-refractivity contribution in [1.29, 1.82) is 0 Å². The van der Waals surface area contributed by atoms with Gasteiger partial charge in [0.25, 0.3) is 10.1 Å². The SMILES string of the molecule is O=S(=O)(O)C1C(Oc2ccccc2)CCC2C3NC4NC(NC5NC(NC6NC(NC(N3)C21)C1CC(Oc2ccccc2)CCC61)C1CCC(Oc2ccccc2)CC51)C1CCC(Oc2ccccc2)CC41. The summed E-state index contributed by atoms with van der Waals surface area (Å²) >= 11 is 0. The van der Waals surface area contributed by atoms with Gasteiger partial charge in [-0.15, -0.1) is 0 Å². The summed E-state index contributed by atoms with van der Waals surface area (Å²) in [6.07, 6.45) is 8.22. The zero-order chi connectivity index (χ0) is 48.3. The minimum absolute atomic E-state index is 0.00959. The molecule has 4 aromatic carbocycles. The molecule has 9 N–H and O–H groups in total. The molecule has 384 valence electrons. The Labute approximate surface area is 424 Å². The van der Waals surface area contributed by atoms with E-state index in [4.69, 9.17) is 18.9 Å². The lowest BCUT2D eigenvalue weighted by molar-refractivity contribution is 0.0628. The maximum Gasteiger partial charge on any atom is 0.271 e. The number of hydrogen-bond acceptors (Lipinski definition) is 14. The van der Waals surface area contributed by atoms with E-state index < -0.39 is 33.6 Å². The predicted molar refractivity (Wildman–Crippen MR) is 273 cm³/mol. The van der Waals surface area contributed by atoms with Crippen molar-refractivity contribution in [3.8, 4) is 23.0 Å². The van der Waals surface area contributed by atoms with Gasteiger partial charge in [-0.25, -0.2) is 0 Å². The quantitative estimate of drug-likeness (QED) is 0.0930. The average molecular weight is 1000 g/mol. The molecule has 5 aliphatic heterocycles. The first-order valence-corrected chi connectivity index (χ1v) is 28.7. The van der Waals surface area contributed by atoms with Crippen molar-refractivity contribution in [2.45, 2.75) is 150 Å². The first kappa shape index (κ1) is 47.4. The molecule has 0 radical (unpaired) electrons. The third-order valence-electron chi connectivity index (χ3n) is 18.5. The van der Waals surface area contributed by atoms with Crippen LogP contribution in [0, 0.1) is 47.3 Å². The molecule has 16 heteroatoms. The van der Waals surface area contributed by atoms with Crippen LogP contribution < -0.4 is 61.5 Å². The van der Waals surface area contributed by atoms with E-state index in [0.29, 0.717) is 36.3 Å². The summed E-state index contributed by atoms with van der Waals surface area (Å²) < 4.78 is 66.2. The van der Waals surface area contributed by atoms with Crippen molar-refractivity contribution in [3.05, 3.63) is 121 Å². The molecule has 0 amide bonds. The van der Waals surface area contributed by atoms with E-state index in [1.807, 2.05) is 97.1 Å². The molecule has 0 aromatic heterocycles. The Morgan fingerprint density at radius 3 is 0.986 bits per heavy atom. The first-order valence-electron chi connectivity index (χ1n) is 27.2. The van der Waals surface area contributed by atoms with Crippen molar-refractivity contribution in [2.75, 3.05) is 0 Å². The van der Waals surface area contributed by atoms with Gasteiger partial charge in [0, 0.05) is 5.92 Å². The Bertz CT molecular complexity index is 2560. The van der Waals surface area contributed by atoms with Gasteiger partial charge >= 0.3 is 0 Å². The third kappa shape index (κ3) is 9.54. The molecule has 21 atom stereocenters. The zero-order valence-corrected chi connectivity index (χ0v) is 41.6. The van der Waals surface area contributed by atoms with Crippen LogP contribution >= 0.6 is 0 Å². The van der Waals surface area contributed by atoms with E-state index in [1.165, 1.54) is 0 Å². The molecule has 4 aliphatic carbocycles. The van der Waals surface area contributed by atoms with Crippen molar-refractivity contribution >= 4 is 10.1 Å². The molecule has 72 heavy (non-hydrogen) atoms. The molecule has 9 fully saturated rings. The van der Waals surface area contributed by atoms with Crippen LogP contribution in [0.3, 0.4) is 0 Å². The van der Waals surface area contributed by atoms with Crippen molar-refractivity contribution in [1.82, 2.24) is 42.5 Å². The van der Waals surface area contributed by atoms with Crippen LogP contribution in [0.2, 0.25) is 0 Å². The maximum absolute atomic E-state index is 14.0. The molecule has 8 bridgehead atoms. The number of ether oxygens (including phenoxy) is 4. The van der Waals surface area contributed by atoms with E-state index in [2.05, 4.69) is 66.8 Å². The molecule has 5 saturated heterocycles. The van der Waals surface area contributed by atoms with Crippen molar-refractivity contribution in [3.63, 3.8) is 0 Å². The fraction of sp³-hybridized carbons (Fsp3) is 0.571. The standard InChI is InChI=1S/C56H72N8O7S/c65-72(66,67)48-46(71-35-19-11-4-12-20-35)28-27-42-47(48)56-63-52(42)62-54-44-30-37(69-33-15-7-2-8-16-33)22-25-40(44)51(60-54)59-53-43-29-36(68-32-13-5-1-6-14-32)21-24-39(43)49(58-53)57-50-41-26-23-38(31-45(41)55(61-50)64-56)70-34-17-9-3-10-18-34/h1-20,36-64H,21-31H2,(H,65,66,67). The number of hydrogen-bond donors (Lipinski definition) is 9. The van der Waals surface area contributed by atoms with Crippen molar-refractivity contribution in [2.24, 2.45) is 47.3 Å². The van der Waals surface area contributed by atoms with Gasteiger partial charge < -0.3 is 18.9 Å². The fourth-order valence-corrected chi connectivity index (χ4v) is 16.8. The smallest absolute Gasteiger partial charge is 0.271 e. The molecule has 5 heterocycles. The van der Waals surface area contributed by atoms with Gasteiger partial charge in [0.15, 0.2) is 0 Å². The molecule has 4 aromatic rings. The molecule has 0 spiro atoms. The maximum atomic E-state index is 14.0. The highest BCUT2D eigenvalue weighted by Crippen LogP contribution is 2.48. The second-order valence-corrected chi connectivity index (χ2v) is 24.1. The molecular weight excluding hydrogens is 929 g/mol. The Balaban J connectivity index is 0.853. The summed E-state index contributed by atoms with van der Waals surface area (Å²) in [7, 11) is -4.60. The number of para-hydroxylation sites is 4. The molecule has 21 unspecified atom stereocenters. The predicted octanol–water partition coefficient (Wildman–Crippen LogP) is 5.70. The summed E-state index contributed by atoms with van der Waals surface area (Å²) in [5.41, 5.74) is 0. The number of benzene rings is 4. The molecule has 9 aliphatic rings. The van der Waals surface area contributed by atoms with E-state index >= 15 is 0 Å². The second-order valence-electron chi connectivity index (χ2n) is 22.5. The lowest BCUT2D eigenvalue weighted by atomic mass is 9.75. The van der Waals surface area contributed by atoms with Crippen LogP contribution in [0.25, 0.3) is 0 Å². The highest BCUT2D eigenvalue weighted by molar-refractivity contribution is 7.86. The van der Waals surface area contributed by atoms with E-state index in [-0.39, 0.29) is 85.1 Å². The molecule has 13 rings (SSSR count). The van der Waals surface area contributed by atoms with Crippen LogP contribution in [-0.2, 0) is 10.1 Å². The Hall–Kier alpha value is -4.33. The Kier molecular flexibility index (Phi) is 13.2. The van der Waals surface area contributed by atoms with Crippen molar-refractivity contribution < 1.29 is 31.9 Å². The third-order valence-corrected chi connectivity index (χ3v) is 19.8. The zero-order valence-electron chi connectivity index (χ0n) is 40.8. The highest BCUT2D eigenvalue weighted by atomic mass is 32.2. The van der Waals surface area contributed by atoms with Gasteiger partial charge in [0.1, 0.15) is 34.4 Å².